The standard InChI is InChI=1S/C27H36N2O4S/c1-19(2)15-26(30)28(16-22-5-4-13-32-22)17-27(31)29-12-10-25-23(11-14-34-25)24(29)18-33-21-8-6-20(3)7-9-21/h6-9,11,14,19,22,24H,4-5,10,12-13,15-18H2,1-3H3/t22-,24+/m1/s1. The molecule has 0 spiro atoms. The summed E-state index contributed by atoms with van der Waals surface area (Å²) in [5.74, 6) is 1.05. The quantitative estimate of drug-likeness (QED) is 0.521. The molecule has 2 aromatic rings. The molecule has 4 rings (SSSR count). The Kier molecular flexibility index (Phi) is 8.27. The van der Waals surface area contributed by atoms with Crippen molar-refractivity contribution in [3.8, 4) is 5.75 Å². The minimum atomic E-state index is -0.159. The van der Waals surface area contributed by atoms with Crippen LogP contribution >= 0.6 is 11.3 Å². The summed E-state index contributed by atoms with van der Waals surface area (Å²) in [7, 11) is 0. The second-order valence-corrected chi connectivity index (χ2v) is 10.8. The van der Waals surface area contributed by atoms with E-state index in [1.54, 1.807) is 16.2 Å². The van der Waals surface area contributed by atoms with Gasteiger partial charge in [0.25, 0.3) is 0 Å². The molecule has 0 unspecified atom stereocenters. The molecule has 7 heteroatoms. The summed E-state index contributed by atoms with van der Waals surface area (Å²) in [6.07, 6.45) is 3.25. The molecule has 1 aromatic heterocycles. The van der Waals surface area contributed by atoms with Crippen molar-refractivity contribution in [2.45, 2.75) is 58.6 Å². The molecule has 1 saturated heterocycles. The zero-order chi connectivity index (χ0) is 24.1. The van der Waals surface area contributed by atoms with Crippen molar-refractivity contribution >= 4 is 23.2 Å². The highest BCUT2D eigenvalue weighted by Gasteiger charge is 2.34. The molecule has 2 atom stereocenters. The number of amides is 2. The SMILES string of the molecule is Cc1ccc(OC[C@H]2c3ccsc3CCN2C(=O)CN(C[C@H]2CCCO2)C(=O)CC(C)C)cc1. The van der Waals surface area contributed by atoms with Crippen molar-refractivity contribution in [2.24, 2.45) is 5.92 Å². The Balaban J connectivity index is 1.48. The fourth-order valence-electron chi connectivity index (χ4n) is 4.71. The van der Waals surface area contributed by atoms with E-state index in [1.165, 1.54) is 10.4 Å². The first-order valence-electron chi connectivity index (χ1n) is 12.3. The molecule has 3 heterocycles. The van der Waals surface area contributed by atoms with Gasteiger partial charge in [0.05, 0.1) is 18.7 Å². The average molecular weight is 485 g/mol. The van der Waals surface area contributed by atoms with Crippen LogP contribution in [0.2, 0.25) is 0 Å². The number of hydrogen-bond donors (Lipinski definition) is 0. The van der Waals surface area contributed by atoms with Crippen LogP contribution in [0.5, 0.6) is 5.75 Å². The molecule has 2 amide bonds. The monoisotopic (exact) mass is 484 g/mol. The van der Waals surface area contributed by atoms with E-state index in [4.69, 9.17) is 9.47 Å². The van der Waals surface area contributed by atoms with Crippen LogP contribution in [0.4, 0.5) is 0 Å². The summed E-state index contributed by atoms with van der Waals surface area (Å²) in [5, 5.41) is 2.09. The predicted octanol–water partition coefficient (Wildman–Crippen LogP) is 4.62. The van der Waals surface area contributed by atoms with Crippen molar-refractivity contribution in [1.29, 1.82) is 0 Å². The van der Waals surface area contributed by atoms with E-state index in [0.29, 0.717) is 26.1 Å². The van der Waals surface area contributed by atoms with Crippen LogP contribution < -0.4 is 4.74 Å². The Labute approximate surface area is 206 Å². The molecule has 0 bridgehead atoms. The average Bonchev–Trinajstić information content (AvgIpc) is 3.49. The van der Waals surface area contributed by atoms with Gasteiger partial charge in [-0.25, -0.2) is 0 Å². The van der Waals surface area contributed by atoms with E-state index in [2.05, 4.69) is 11.4 Å². The fourth-order valence-corrected chi connectivity index (χ4v) is 5.63. The first-order valence-corrected chi connectivity index (χ1v) is 13.2. The maximum Gasteiger partial charge on any atom is 0.242 e. The third kappa shape index (κ3) is 6.19. The van der Waals surface area contributed by atoms with Crippen LogP contribution in [-0.2, 0) is 20.7 Å². The molecule has 1 aromatic carbocycles. The van der Waals surface area contributed by atoms with Crippen LogP contribution in [0.15, 0.2) is 35.7 Å². The lowest BCUT2D eigenvalue weighted by molar-refractivity contribution is -0.144. The zero-order valence-electron chi connectivity index (χ0n) is 20.5. The van der Waals surface area contributed by atoms with Crippen LogP contribution in [0.1, 0.15) is 55.2 Å². The summed E-state index contributed by atoms with van der Waals surface area (Å²) >= 11 is 1.74. The number of ether oxygens (including phenoxy) is 2. The number of fused-ring (bicyclic) bond motifs is 1. The van der Waals surface area contributed by atoms with Gasteiger partial charge in [-0.05, 0) is 61.2 Å². The molecule has 34 heavy (non-hydrogen) atoms. The third-order valence-corrected chi connectivity index (χ3v) is 7.55. The second kappa shape index (κ2) is 11.4. The number of carbonyl (C=O) groups excluding carboxylic acids is 2. The number of benzene rings is 1. The lowest BCUT2D eigenvalue weighted by atomic mass is 10.00. The Morgan fingerprint density at radius 2 is 2.03 bits per heavy atom. The topological polar surface area (TPSA) is 59.1 Å². The smallest absolute Gasteiger partial charge is 0.242 e. The van der Waals surface area contributed by atoms with Crippen molar-refractivity contribution in [2.75, 3.05) is 32.8 Å². The number of rotatable bonds is 9. The van der Waals surface area contributed by atoms with Gasteiger partial charge in [0.2, 0.25) is 11.8 Å². The van der Waals surface area contributed by atoms with Gasteiger partial charge in [-0.1, -0.05) is 31.5 Å². The maximum absolute atomic E-state index is 13.6. The van der Waals surface area contributed by atoms with Gasteiger partial charge in [-0.15, -0.1) is 11.3 Å². The summed E-state index contributed by atoms with van der Waals surface area (Å²) in [6.45, 7) is 8.45. The van der Waals surface area contributed by atoms with Crippen LogP contribution in [0.3, 0.4) is 0 Å². The Morgan fingerprint density at radius 1 is 1.24 bits per heavy atom. The van der Waals surface area contributed by atoms with Gasteiger partial charge in [0.15, 0.2) is 0 Å². The fraction of sp³-hybridized carbons (Fsp3) is 0.556. The number of carbonyl (C=O) groups is 2. The summed E-state index contributed by atoms with van der Waals surface area (Å²) in [4.78, 5) is 31.6. The Morgan fingerprint density at radius 3 is 2.74 bits per heavy atom. The molecular weight excluding hydrogens is 448 g/mol. The molecule has 1 fully saturated rings. The minimum absolute atomic E-state index is 0.0226. The molecule has 0 saturated carbocycles. The first-order chi connectivity index (χ1) is 16.4. The highest BCUT2D eigenvalue weighted by Crippen LogP contribution is 2.34. The van der Waals surface area contributed by atoms with Crippen molar-refractivity contribution in [1.82, 2.24) is 9.80 Å². The number of thiophene rings is 1. The predicted molar refractivity (Wildman–Crippen MR) is 134 cm³/mol. The van der Waals surface area contributed by atoms with E-state index in [-0.39, 0.29) is 36.4 Å². The van der Waals surface area contributed by atoms with Crippen LogP contribution in [0.25, 0.3) is 0 Å². The van der Waals surface area contributed by atoms with Gasteiger partial charge in [0.1, 0.15) is 12.4 Å². The van der Waals surface area contributed by atoms with Gasteiger partial charge in [0, 0.05) is 31.0 Å². The van der Waals surface area contributed by atoms with Gasteiger partial charge >= 0.3 is 0 Å². The van der Waals surface area contributed by atoms with E-state index in [1.807, 2.05) is 49.9 Å². The summed E-state index contributed by atoms with van der Waals surface area (Å²) in [5.41, 5.74) is 2.34. The minimum Gasteiger partial charge on any atom is -0.491 e. The molecule has 2 aliphatic rings. The normalized spacial score (nSPS) is 19.8. The van der Waals surface area contributed by atoms with E-state index < -0.39 is 0 Å². The van der Waals surface area contributed by atoms with Gasteiger partial charge in [-0.2, -0.15) is 0 Å². The van der Waals surface area contributed by atoms with E-state index in [9.17, 15) is 9.59 Å². The van der Waals surface area contributed by atoms with Gasteiger partial charge < -0.3 is 19.3 Å². The Hall–Kier alpha value is -2.38. The zero-order valence-corrected chi connectivity index (χ0v) is 21.3. The largest absolute Gasteiger partial charge is 0.491 e. The summed E-state index contributed by atoms with van der Waals surface area (Å²) < 4.78 is 11.9. The Bertz CT molecular complexity index is 965. The highest BCUT2D eigenvalue weighted by molar-refractivity contribution is 7.10. The lowest BCUT2D eigenvalue weighted by Crippen LogP contribution is -2.49. The van der Waals surface area contributed by atoms with Crippen LogP contribution in [0, 0.1) is 12.8 Å². The third-order valence-electron chi connectivity index (χ3n) is 6.55. The van der Waals surface area contributed by atoms with Gasteiger partial charge in [-0.3, -0.25) is 9.59 Å². The number of nitrogens with zero attached hydrogens (tertiary/aromatic N) is 2. The number of aryl methyl sites for hydroxylation is 1. The van der Waals surface area contributed by atoms with E-state index in [0.717, 1.165) is 37.2 Å². The second-order valence-electron chi connectivity index (χ2n) is 9.78. The molecule has 6 nitrogen and oxygen atoms in total. The molecular formula is C27H36N2O4S. The number of hydrogen-bond acceptors (Lipinski definition) is 5. The highest BCUT2D eigenvalue weighted by atomic mass is 32.1. The van der Waals surface area contributed by atoms with Crippen molar-refractivity contribution in [3.63, 3.8) is 0 Å². The molecule has 184 valence electrons. The molecule has 2 aliphatic heterocycles. The first kappa shape index (κ1) is 24.7. The van der Waals surface area contributed by atoms with Crippen molar-refractivity contribution in [3.05, 3.63) is 51.7 Å². The molecule has 0 N–H and O–H groups in total. The lowest BCUT2D eigenvalue weighted by Gasteiger charge is -2.37. The summed E-state index contributed by atoms with van der Waals surface area (Å²) in [6, 6.07) is 9.93. The maximum atomic E-state index is 13.6. The van der Waals surface area contributed by atoms with E-state index >= 15 is 0 Å². The van der Waals surface area contributed by atoms with Crippen LogP contribution in [-0.4, -0.2) is 60.6 Å². The molecule has 0 radical (unpaired) electrons. The van der Waals surface area contributed by atoms with Crippen molar-refractivity contribution < 1.29 is 19.1 Å². The molecule has 0 aliphatic carbocycles.